The van der Waals surface area contributed by atoms with E-state index in [4.69, 9.17) is 4.74 Å². The number of aromatic hydroxyl groups is 2. The zero-order chi connectivity index (χ0) is 35.2. The Balaban J connectivity index is 0.000000205. The van der Waals surface area contributed by atoms with E-state index >= 15 is 0 Å². The maximum Gasteiger partial charge on any atom is 0.339 e. The molecule has 10 heteroatoms. The molecule has 5 N–H and O–H groups in total. The van der Waals surface area contributed by atoms with Gasteiger partial charge in [-0.3, -0.25) is 4.98 Å². The molecule has 5 aromatic carbocycles. The van der Waals surface area contributed by atoms with Crippen LogP contribution in [-0.2, 0) is 6.42 Å². The number of rotatable bonds is 10. The molecule has 0 saturated carbocycles. The van der Waals surface area contributed by atoms with Crippen LogP contribution in [-0.4, -0.2) is 74.1 Å². The van der Waals surface area contributed by atoms with Gasteiger partial charge in [-0.25, -0.2) is 9.59 Å². The maximum atomic E-state index is 11.6. The molecule has 252 valence electrons. The number of carboxylic acids is 2. The molecule has 0 fully saturated rings. The van der Waals surface area contributed by atoms with E-state index in [2.05, 4.69) is 23.7 Å². The minimum absolute atomic E-state index is 0.0407. The van der Waals surface area contributed by atoms with Gasteiger partial charge in [-0.1, -0.05) is 62.4 Å². The SMILES string of the molecule is CCN(CC)CC(O)c1ccnc2ccc(OC)cc12.O=C(O)c1cc2ccccc2c(Cc2c(O)c(C(=O)O)cc3ccccc23)c1O. The van der Waals surface area contributed by atoms with E-state index in [0.717, 1.165) is 35.3 Å². The predicted octanol–water partition coefficient (Wildman–Crippen LogP) is 7.01. The summed E-state index contributed by atoms with van der Waals surface area (Å²) in [5.74, 6) is -2.58. The first-order valence-electron chi connectivity index (χ1n) is 15.8. The van der Waals surface area contributed by atoms with Crippen molar-refractivity contribution in [3.8, 4) is 17.2 Å². The average Bonchev–Trinajstić information content (AvgIpc) is 3.11. The van der Waals surface area contributed by atoms with Crippen molar-refractivity contribution < 1.29 is 39.9 Å². The van der Waals surface area contributed by atoms with Crippen LogP contribution in [0.5, 0.6) is 17.2 Å². The third-order valence-electron chi connectivity index (χ3n) is 8.73. The maximum absolute atomic E-state index is 11.6. The van der Waals surface area contributed by atoms with Crippen molar-refractivity contribution in [2.24, 2.45) is 0 Å². The van der Waals surface area contributed by atoms with Crippen LogP contribution < -0.4 is 4.74 Å². The van der Waals surface area contributed by atoms with Crippen LogP contribution in [0.4, 0.5) is 0 Å². The fourth-order valence-electron chi connectivity index (χ4n) is 6.07. The number of nitrogens with zero attached hydrogens (tertiary/aromatic N) is 2. The molecule has 6 aromatic rings. The molecule has 10 nitrogen and oxygen atoms in total. The number of pyridine rings is 1. The molecule has 49 heavy (non-hydrogen) atoms. The van der Waals surface area contributed by atoms with Gasteiger partial charge in [-0.2, -0.15) is 0 Å². The largest absolute Gasteiger partial charge is 0.507 e. The predicted molar refractivity (Wildman–Crippen MR) is 189 cm³/mol. The van der Waals surface area contributed by atoms with E-state index in [9.17, 15) is 35.1 Å². The van der Waals surface area contributed by atoms with Gasteiger partial charge in [-0.05, 0) is 76.6 Å². The molecular weight excluding hydrogens is 624 g/mol. The van der Waals surface area contributed by atoms with E-state index in [1.807, 2.05) is 24.3 Å². The second kappa shape index (κ2) is 15.0. The van der Waals surface area contributed by atoms with Gasteiger partial charge in [0.2, 0.25) is 0 Å². The number of aromatic nitrogens is 1. The third kappa shape index (κ3) is 7.25. The molecule has 1 unspecified atom stereocenters. The van der Waals surface area contributed by atoms with Gasteiger partial charge < -0.3 is 35.2 Å². The lowest BCUT2D eigenvalue weighted by Crippen LogP contribution is -2.28. The fraction of sp³-hybridized carbons (Fsp3) is 0.205. The zero-order valence-electron chi connectivity index (χ0n) is 27.4. The van der Waals surface area contributed by atoms with Crippen LogP contribution in [0.25, 0.3) is 32.4 Å². The van der Waals surface area contributed by atoms with E-state index in [0.29, 0.717) is 39.2 Å². The standard InChI is InChI=1S/C23H16O6.C16H22N2O2/c24-20-16(14-7-3-1-5-12(14)9-18(20)22(26)27)11-17-15-8-4-2-6-13(15)10-19(21(17)25)23(28)29;1-4-18(5-2)11-16(19)13-8-9-17-15-7-6-12(20-3)10-14(13)15/h1-10,24-25H,11H2,(H,26,27)(H,28,29);6-10,16,19H,4-5,11H2,1-3H3. The van der Waals surface area contributed by atoms with Crippen LogP contribution >= 0.6 is 0 Å². The second-order valence-corrected chi connectivity index (χ2v) is 11.5. The first-order valence-corrected chi connectivity index (χ1v) is 15.8. The average molecular weight is 663 g/mol. The molecule has 0 aliphatic carbocycles. The minimum atomic E-state index is -1.28. The number of hydrogen-bond acceptors (Lipinski definition) is 8. The lowest BCUT2D eigenvalue weighted by molar-refractivity contribution is 0.0682. The summed E-state index contributed by atoms with van der Waals surface area (Å²) < 4.78 is 5.26. The van der Waals surface area contributed by atoms with Gasteiger partial charge >= 0.3 is 11.9 Å². The lowest BCUT2D eigenvalue weighted by Gasteiger charge is -2.22. The molecular formula is C39H38N2O8. The molecule has 0 bridgehead atoms. The molecule has 0 aliphatic rings. The highest BCUT2D eigenvalue weighted by atomic mass is 16.5. The van der Waals surface area contributed by atoms with E-state index in [-0.39, 0.29) is 17.5 Å². The number of methoxy groups -OCH3 is 1. The van der Waals surface area contributed by atoms with Crippen molar-refractivity contribution >= 4 is 44.4 Å². The Labute approximate surface area is 283 Å². The van der Waals surface area contributed by atoms with E-state index in [1.54, 1.807) is 61.8 Å². The summed E-state index contributed by atoms with van der Waals surface area (Å²) in [6, 6.07) is 24.4. The summed E-state index contributed by atoms with van der Waals surface area (Å²) in [5.41, 5.74) is 1.89. The van der Waals surface area contributed by atoms with Gasteiger partial charge in [-0.15, -0.1) is 0 Å². The summed E-state index contributed by atoms with van der Waals surface area (Å²) in [7, 11) is 1.64. The zero-order valence-corrected chi connectivity index (χ0v) is 27.4. The highest BCUT2D eigenvalue weighted by molar-refractivity contribution is 6.02. The van der Waals surface area contributed by atoms with Gasteiger partial charge in [0.05, 0.1) is 18.7 Å². The third-order valence-corrected chi connectivity index (χ3v) is 8.73. The summed E-state index contributed by atoms with van der Waals surface area (Å²) in [4.78, 5) is 29.8. The topological polar surface area (TPSA) is 161 Å². The number of ether oxygens (including phenoxy) is 1. The Morgan fingerprint density at radius 2 is 1.29 bits per heavy atom. The molecule has 6 rings (SSSR count). The molecule has 1 heterocycles. The number of aliphatic hydroxyl groups excluding tert-OH is 1. The van der Waals surface area contributed by atoms with Crippen molar-refractivity contribution in [3.63, 3.8) is 0 Å². The van der Waals surface area contributed by atoms with Gasteiger partial charge in [0, 0.05) is 35.7 Å². The van der Waals surface area contributed by atoms with Crippen molar-refractivity contribution in [3.05, 3.63) is 119 Å². The molecule has 0 amide bonds. The lowest BCUT2D eigenvalue weighted by atomic mass is 9.90. The Hall–Kier alpha value is -5.71. The first kappa shape index (κ1) is 34.6. The summed E-state index contributed by atoms with van der Waals surface area (Å²) in [6.07, 6.45) is 1.18. The number of aromatic carboxylic acids is 2. The van der Waals surface area contributed by atoms with Gasteiger partial charge in [0.25, 0.3) is 0 Å². The van der Waals surface area contributed by atoms with Crippen LogP contribution in [0.3, 0.4) is 0 Å². The van der Waals surface area contributed by atoms with Gasteiger partial charge in [0.15, 0.2) is 0 Å². The first-order chi connectivity index (χ1) is 23.6. The Bertz CT molecular complexity index is 2060. The Kier molecular flexibility index (Phi) is 10.6. The number of phenols is 2. The van der Waals surface area contributed by atoms with Crippen LogP contribution in [0.2, 0.25) is 0 Å². The van der Waals surface area contributed by atoms with Crippen LogP contribution in [0, 0.1) is 0 Å². The number of aliphatic hydroxyl groups is 1. The summed E-state index contributed by atoms with van der Waals surface area (Å²) >= 11 is 0. The number of benzene rings is 5. The number of carbonyl (C=O) groups is 2. The highest BCUT2D eigenvalue weighted by Crippen LogP contribution is 2.39. The van der Waals surface area contributed by atoms with Crippen LogP contribution in [0.1, 0.15) is 57.4 Å². The fourth-order valence-corrected chi connectivity index (χ4v) is 6.07. The smallest absolute Gasteiger partial charge is 0.339 e. The normalized spacial score (nSPS) is 11.8. The molecule has 1 atom stereocenters. The quantitative estimate of drug-likeness (QED) is 0.103. The van der Waals surface area contributed by atoms with Crippen molar-refractivity contribution in [1.82, 2.24) is 9.88 Å². The Morgan fingerprint density at radius 3 is 1.78 bits per heavy atom. The molecule has 0 aliphatic heterocycles. The molecule has 0 radical (unpaired) electrons. The summed E-state index contributed by atoms with van der Waals surface area (Å²) in [5, 5.41) is 54.3. The van der Waals surface area contributed by atoms with E-state index in [1.165, 1.54) is 12.1 Å². The van der Waals surface area contributed by atoms with Crippen molar-refractivity contribution in [2.75, 3.05) is 26.7 Å². The summed E-state index contributed by atoms with van der Waals surface area (Å²) in [6.45, 7) is 6.69. The second-order valence-electron chi connectivity index (χ2n) is 11.5. The van der Waals surface area contributed by atoms with Crippen LogP contribution in [0.15, 0.2) is 91.1 Å². The van der Waals surface area contributed by atoms with Crippen molar-refractivity contribution in [2.45, 2.75) is 26.4 Å². The van der Waals surface area contributed by atoms with Crippen molar-refractivity contribution in [1.29, 1.82) is 0 Å². The minimum Gasteiger partial charge on any atom is -0.507 e. The van der Waals surface area contributed by atoms with Gasteiger partial charge in [0.1, 0.15) is 28.4 Å². The molecule has 1 aromatic heterocycles. The number of fused-ring (bicyclic) bond motifs is 3. The number of hydrogen-bond donors (Lipinski definition) is 5. The Morgan fingerprint density at radius 1 is 0.755 bits per heavy atom. The van der Waals surface area contributed by atoms with E-state index < -0.39 is 29.5 Å². The highest BCUT2D eigenvalue weighted by Gasteiger charge is 2.22. The number of carboxylic acid groups (broad SMARTS) is 2. The molecule has 0 spiro atoms. The molecule has 0 saturated heterocycles. The number of likely N-dealkylation sites (N-methyl/N-ethyl adjacent to an activating group) is 1. The monoisotopic (exact) mass is 662 g/mol.